The SMILES string of the molecule is O=C1CC(=O)N(c2cc(F)c(F)cc2O)C1. The molecular formula is C10H7F2NO3. The Hall–Kier alpha value is -1.98. The summed E-state index contributed by atoms with van der Waals surface area (Å²) in [5.41, 5.74) is -0.185. The fraction of sp³-hybridized carbons (Fsp3) is 0.200. The third kappa shape index (κ3) is 1.62. The Morgan fingerprint density at radius 2 is 1.81 bits per heavy atom. The van der Waals surface area contributed by atoms with Crippen LogP contribution in [0.5, 0.6) is 5.75 Å². The van der Waals surface area contributed by atoms with Crippen LogP contribution < -0.4 is 4.90 Å². The third-order valence-electron chi connectivity index (χ3n) is 2.29. The van der Waals surface area contributed by atoms with Crippen molar-refractivity contribution < 1.29 is 23.5 Å². The smallest absolute Gasteiger partial charge is 0.235 e. The average molecular weight is 227 g/mol. The lowest BCUT2D eigenvalue weighted by Gasteiger charge is -2.16. The zero-order valence-corrected chi connectivity index (χ0v) is 8.04. The van der Waals surface area contributed by atoms with Crippen molar-refractivity contribution in [1.29, 1.82) is 0 Å². The fourth-order valence-electron chi connectivity index (χ4n) is 1.55. The summed E-state index contributed by atoms with van der Waals surface area (Å²) in [5, 5.41) is 9.37. The molecule has 1 aliphatic rings. The number of ketones is 1. The molecule has 0 spiro atoms. The van der Waals surface area contributed by atoms with Crippen molar-refractivity contribution >= 4 is 17.4 Å². The van der Waals surface area contributed by atoms with Gasteiger partial charge < -0.3 is 10.0 Å². The molecule has 1 amide bonds. The van der Waals surface area contributed by atoms with Crippen LogP contribution in [-0.4, -0.2) is 23.3 Å². The summed E-state index contributed by atoms with van der Waals surface area (Å²) in [7, 11) is 0. The maximum atomic E-state index is 12.9. The summed E-state index contributed by atoms with van der Waals surface area (Å²) < 4.78 is 25.6. The maximum Gasteiger partial charge on any atom is 0.235 e. The van der Waals surface area contributed by atoms with Gasteiger partial charge in [0.25, 0.3) is 0 Å². The quantitative estimate of drug-likeness (QED) is 0.727. The van der Waals surface area contributed by atoms with Gasteiger partial charge in [-0.2, -0.15) is 0 Å². The van der Waals surface area contributed by atoms with Gasteiger partial charge in [0.15, 0.2) is 17.4 Å². The Morgan fingerprint density at radius 1 is 1.19 bits per heavy atom. The second-order valence-corrected chi connectivity index (χ2v) is 3.45. The van der Waals surface area contributed by atoms with E-state index in [4.69, 9.17) is 0 Å². The van der Waals surface area contributed by atoms with Crippen LogP contribution >= 0.6 is 0 Å². The topological polar surface area (TPSA) is 57.6 Å². The number of phenolic OH excluding ortho intramolecular Hbond substituents is 1. The van der Waals surface area contributed by atoms with Crippen molar-refractivity contribution in [1.82, 2.24) is 0 Å². The van der Waals surface area contributed by atoms with Crippen LogP contribution in [0.3, 0.4) is 0 Å². The van der Waals surface area contributed by atoms with E-state index in [-0.39, 0.29) is 24.4 Å². The van der Waals surface area contributed by atoms with Crippen molar-refractivity contribution in [2.75, 3.05) is 11.4 Å². The van der Waals surface area contributed by atoms with E-state index in [1.54, 1.807) is 0 Å². The molecule has 1 aliphatic heterocycles. The molecule has 1 fully saturated rings. The van der Waals surface area contributed by atoms with Crippen LogP contribution in [-0.2, 0) is 9.59 Å². The number of anilines is 1. The van der Waals surface area contributed by atoms with Crippen LogP contribution in [0.4, 0.5) is 14.5 Å². The number of nitrogens with zero attached hydrogens (tertiary/aromatic N) is 1. The molecule has 2 rings (SSSR count). The Bertz CT molecular complexity index is 487. The molecule has 0 unspecified atom stereocenters. The van der Waals surface area contributed by atoms with Gasteiger partial charge >= 0.3 is 0 Å². The van der Waals surface area contributed by atoms with E-state index in [0.717, 1.165) is 4.90 Å². The lowest BCUT2D eigenvalue weighted by molar-refractivity contribution is -0.121. The molecule has 0 aliphatic carbocycles. The number of rotatable bonds is 1. The van der Waals surface area contributed by atoms with E-state index in [0.29, 0.717) is 12.1 Å². The van der Waals surface area contributed by atoms with Gasteiger partial charge in [0.05, 0.1) is 18.7 Å². The van der Waals surface area contributed by atoms with Gasteiger partial charge in [-0.3, -0.25) is 9.59 Å². The van der Waals surface area contributed by atoms with Crippen molar-refractivity contribution in [2.24, 2.45) is 0 Å². The normalized spacial score (nSPS) is 16.0. The average Bonchev–Trinajstić information content (AvgIpc) is 2.51. The van der Waals surface area contributed by atoms with Crippen molar-refractivity contribution in [3.63, 3.8) is 0 Å². The number of carbonyl (C=O) groups is 2. The predicted molar refractivity (Wildman–Crippen MR) is 50.0 cm³/mol. The van der Waals surface area contributed by atoms with E-state index in [1.807, 2.05) is 0 Å². The van der Waals surface area contributed by atoms with Crippen molar-refractivity contribution in [2.45, 2.75) is 6.42 Å². The highest BCUT2D eigenvalue weighted by Gasteiger charge is 2.30. The molecule has 0 aromatic heterocycles. The number of benzene rings is 1. The van der Waals surface area contributed by atoms with E-state index in [9.17, 15) is 23.5 Å². The number of aromatic hydroxyl groups is 1. The summed E-state index contributed by atoms with van der Waals surface area (Å²) in [5.74, 6) is -3.82. The van der Waals surface area contributed by atoms with Gasteiger partial charge in [-0.1, -0.05) is 0 Å². The number of hydrogen-bond donors (Lipinski definition) is 1. The minimum Gasteiger partial charge on any atom is -0.506 e. The number of amides is 1. The number of hydrogen-bond acceptors (Lipinski definition) is 3. The van der Waals surface area contributed by atoms with Gasteiger partial charge in [0.1, 0.15) is 5.75 Å². The van der Waals surface area contributed by atoms with Gasteiger partial charge in [-0.05, 0) is 0 Å². The summed E-state index contributed by atoms with van der Waals surface area (Å²) in [4.78, 5) is 23.2. The standard InChI is InChI=1S/C10H7F2NO3/c11-6-2-8(9(15)3-7(6)12)13-4-5(14)1-10(13)16/h2-3,15H,1,4H2. The first kappa shape index (κ1) is 10.5. The molecule has 1 aromatic carbocycles. The lowest BCUT2D eigenvalue weighted by atomic mass is 10.2. The first-order valence-corrected chi connectivity index (χ1v) is 4.49. The first-order valence-electron chi connectivity index (χ1n) is 4.49. The number of phenols is 1. The Kier molecular flexibility index (Phi) is 2.34. The Balaban J connectivity index is 2.45. The minimum atomic E-state index is -1.21. The van der Waals surface area contributed by atoms with Crippen LogP contribution in [0.1, 0.15) is 6.42 Å². The molecule has 0 saturated carbocycles. The highest BCUT2D eigenvalue weighted by atomic mass is 19.2. The van der Waals surface area contributed by atoms with Gasteiger partial charge in [0, 0.05) is 12.1 Å². The molecule has 16 heavy (non-hydrogen) atoms. The summed E-state index contributed by atoms with van der Waals surface area (Å²) in [6.45, 7) is -0.225. The molecule has 1 aromatic rings. The summed E-state index contributed by atoms with van der Waals surface area (Å²) >= 11 is 0. The van der Waals surface area contributed by atoms with Crippen LogP contribution in [0, 0.1) is 11.6 Å². The van der Waals surface area contributed by atoms with E-state index in [2.05, 4.69) is 0 Å². The molecular weight excluding hydrogens is 220 g/mol. The highest BCUT2D eigenvalue weighted by molar-refractivity contribution is 6.15. The Labute approximate surface area is 89.1 Å². The summed E-state index contributed by atoms with van der Waals surface area (Å²) in [6, 6.07) is 1.27. The molecule has 1 heterocycles. The number of Topliss-reactive ketones (excluding diaryl/α,β-unsaturated/α-hetero) is 1. The zero-order valence-electron chi connectivity index (χ0n) is 8.04. The maximum absolute atomic E-state index is 12.9. The van der Waals surface area contributed by atoms with Gasteiger partial charge in [0.2, 0.25) is 5.91 Å². The third-order valence-corrected chi connectivity index (χ3v) is 2.29. The molecule has 0 bridgehead atoms. The molecule has 0 atom stereocenters. The molecule has 1 N–H and O–H groups in total. The van der Waals surface area contributed by atoms with Crippen molar-refractivity contribution in [3.05, 3.63) is 23.8 Å². The largest absolute Gasteiger partial charge is 0.506 e. The molecule has 1 saturated heterocycles. The van der Waals surface area contributed by atoms with Crippen LogP contribution in [0.15, 0.2) is 12.1 Å². The molecule has 84 valence electrons. The van der Waals surface area contributed by atoms with E-state index >= 15 is 0 Å². The first-order chi connectivity index (χ1) is 7.49. The second-order valence-electron chi connectivity index (χ2n) is 3.45. The second kappa shape index (κ2) is 3.55. The fourth-order valence-corrected chi connectivity index (χ4v) is 1.55. The highest BCUT2D eigenvalue weighted by Crippen LogP contribution is 2.31. The molecule has 4 nitrogen and oxygen atoms in total. The van der Waals surface area contributed by atoms with Crippen molar-refractivity contribution in [3.8, 4) is 5.75 Å². The summed E-state index contributed by atoms with van der Waals surface area (Å²) in [6.07, 6.45) is -0.279. The van der Waals surface area contributed by atoms with Gasteiger partial charge in [-0.15, -0.1) is 0 Å². The van der Waals surface area contributed by atoms with Gasteiger partial charge in [-0.25, -0.2) is 8.78 Å². The Morgan fingerprint density at radius 3 is 2.38 bits per heavy atom. The van der Waals surface area contributed by atoms with Crippen LogP contribution in [0.2, 0.25) is 0 Å². The zero-order chi connectivity index (χ0) is 11.9. The van der Waals surface area contributed by atoms with E-state index in [1.165, 1.54) is 0 Å². The number of halogens is 2. The lowest BCUT2D eigenvalue weighted by Crippen LogP contribution is -2.24. The minimum absolute atomic E-state index is 0.185. The predicted octanol–water partition coefficient (Wildman–Crippen LogP) is 0.976. The monoisotopic (exact) mass is 227 g/mol. The number of carbonyl (C=O) groups excluding carboxylic acids is 2. The van der Waals surface area contributed by atoms with Crippen LogP contribution in [0.25, 0.3) is 0 Å². The molecule has 6 heteroatoms. The van der Waals surface area contributed by atoms with E-state index < -0.39 is 23.3 Å². The molecule has 0 radical (unpaired) electrons.